The molecule has 0 aliphatic carbocycles. The zero-order chi connectivity index (χ0) is 14.0. The van der Waals surface area contributed by atoms with Gasteiger partial charge < -0.3 is 5.32 Å². The van der Waals surface area contributed by atoms with E-state index >= 15 is 0 Å². The van der Waals surface area contributed by atoms with Gasteiger partial charge in [-0.05, 0) is 66.0 Å². The average Bonchev–Trinajstić information content (AvgIpc) is 3.02. The molecule has 106 valence electrons. The van der Waals surface area contributed by atoms with Gasteiger partial charge in [0.1, 0.15) is 0 Å². The number of rotatable bonds is 3. The van der Waals surface area contributed by atoms with E-state index in [0.717, 1.165) is 24.2 Å². The Labute approximate surface area is 123 Å². The van der Waals surface area contributed by atoms with Gasteiger partial charge in [0, 0.05) is 0 Å². The first-order valence-corrected chi connectivity index (χ1v) is 9.24. The molecule has 2 aromatic rings. The molecule has 0 amide bonds. The van der Waals surface area contributed by atoms with Crippen molar-refractivity contribution in [3.8, 4) is 11.1 Å². The second kappa shape index (κ2) is 5.68. The van der Waals surface area contributed by atoms with Crippen LogP contribution in [0.3, 0.4) is 0 Å². The molecule has 2 heterocycles. The fourth-order valence-corrected chi connectivity index (χ4v) is 4.99. The molecule has 0 atom stereocenters. The first-order valence-electron chi connectivity index (χ1n) is 6.75. The molecule has 1 aliphatic rings. The van der Waals surface area contributed by atoms with Crippen molar-refractivity contribution in [2.45, 2.75) is 23.0 Å². The Morgan fingerprint density at radius 3 is 2.30 bits per heavy atom. The highest BCUT2D eigenvalue weighted by atomic mass is 32.2. The second-order valence-corrected chi connectivity index (χ2v) is 8.04. The number of hydrogen-bond donors (Lipinski definition) is 1. The molecule has 5 heteroatoms. The zero-order valence-electron chi connectivity index (χ0n) is 11.1. The Morgan fingerprint density at radius 2 is 1.70 bits per heavy atom. The summed E-state index contributed by atoms with van der Waals surface area (Å²) in [7, 11) is -3.19. The first-order chi connectivity index (χ1) is 9.68. The summed E-state index contributed by atoms with van der Waals surface area (Å²) in [6.07, 6.45) is 1.41. The summed E-state index contributed by atoms with van der Waals surface area (Å²) in [5.74, 6) is 0. The monoisotopic (exact) mass is 307 g/mol. The van der Waals surface area contributed by atoms with E-state index in [0.29, 0.717) is 17.7 Å². The van der Waals surface area contributed by atoms with E-state index in [9.17, 15) is 8.42 Å². The lowest BCUT2D eigenvalue weighted by molar-refractivity contribution is 0.496. The molecule has 0 spiro atoms. The predicted molar refractivity (Wildman–Crippen MR) is 82.8 cm³/mol. The highest BCUT2D eigenvalue weighted by Crippen LogP contribution is 2.26. The number of piperidine rings is 1. The van der Waals surface area contributed by atoms with Crippen LogP contribution in [0, 0.1) is 0 Å². The van der Waals surface area contributed by atoms with Crippen molar-refractivity contribution in [2.24, 2.45) is 0 Å². The van der Waals surface area contributed by atoms with Crippen molar-refractivity contribution in [2.75, 3.05) is 13.1 Å². The van der Waals surface area contributed by atoms with Crippen LogP contribution < -0.4 is 5.32 Å². The maximum atomic E-state index is 12.6. The third kappa shape index (κ3) is 2.66. The highest BCUT2D eigenvalue weighted by Gasteiger charge is 2.28. The van der Waals surface area contributed by atoms with Crippen molar-refractivity contribution in [1.82, 2.24) is 5.32 Å². The van der Waals surface area contributed by atoms with Crippen LogP contribution in [0.4, 0.5) is 0 Å². The van der Waals surface area contributed by atoms with E-state index in [1.54, 1.807) is 23.5 Å². The molecular weight excluding hydrogens is 290 g/mol. The minimum Gasteiger partial charge on any atom is -0.317 e. The highest BCUT2D eigenvalue weighted by molar-refractivity contribution is 7.92. The number of nitrogens with one attached hydrogen (secondary N) is 1. The van der Waals surface area contributed by atoms with Crippen molar-refractivity contribution < 1.29 is 8.42 Å². The van der Waals surface area contributed by atoms with E-state index in [4.69, 9.17) is 0 Å². The quantitative estimate of drug-likeness (QED) is 0.948. The number of sulfone groups is 1. The van der Waals surface area contributed by atoms with Gasteiger partial charge in [0.2, 0.25) is 0 Å². The van der Waals surface area contributed by atoms with Gasteiger partial charge in [-0.15, -0.1) is 0 Å². The maximum absolute atomic E-state index is 12.6. The molecule has 0 radical (unpaired) electrons. The summed E-state index contributed by atoms with van der Waals surface area (Å²) in [5.41, 5.74) is 2.20. The molecule has 0 saturated carbocycles. The SMILES string of the molecule is O=S(=O)(c1ccc(-c2ccsc2)cc1)C1CCNCC1. The van der Waals surface area contributed by atoms with Gasteiger partial charge in [0.25, 0.3) is 0 Å². The minimum atomic E-state index is -3.19. The smallest absolute Gasteiger partial charge is 0.181 e. The molecule has 1 saturated heterocycles. The van der Waals surface area contributed by atoms with Crippen LogP contribution in [0.15, 0.2) is 46.0 Å². The average molecular weight is 307 g/mol. The Bertz CT molecular complexity index is 654. The van der Waals surface area contributed by atoms with Crippen LogP contribution in [0.2, 0.25) is 0 Å². The lowest BCUT2D eigenvalue weighted by Gasteiger charge is -2.22. The van der Waals surface area contributed by atoms with Gasteiger partial charge in [0.05, 0.1) is 10.1 Å². The second-order valence-electron chi connectivity index (χ2n) is 5.03. The van der Waals surface area contributed by atoms with Crippen LogP contribution >= 0.6 is 11.3 Å². The maximum Gasteiger partial charge on any atom is 0.181 e. The minimum absolute atomic E-state index is 0.240. The third-order valence-electron chi connectivity index (χ3n) is 3.76. The molecule has 3 rings (SSSR count). The number of hydrogen-bond acceptors (Lipinski definition) is 4. The standard InChI is InChI=1S/C15H17NO2S2/c17-20(18,15-5-8-16-9-6-15)14-3-1-12(2-4-14)13-7-10-19-11-13/h1-4,7,10-11,15-16H,5-6,8-9H2. The van der Waals surface area contributed by atoms with Gasteiger partial charge in [-0.1, -0.05) is 12.1 Å². The Balaban J connectivity index is 1.87. The topological polar surface area (TPSA) is 46.2 Å². The van der Waals surface area contributed by atoms with Crippen LogP contribution in [-0.2, 0) is 9.84 Å². The molecule has 0 bridgehead atoms. The predicted octanol–water partition coefficient (Wildman–Crippen LogP) is 2.94. The van der Waals surface area contributed by atoms with Crippen LogP contribution in [0.25, 0.3) is 11.1 Å². The Kier molecular flexibility index (Phi) is 3.92. The largest absolute Gasteiger partial charge is 0.317 e. The summed E-state index contributed by atoms with van der Waals surface area (Å²) in [4.78, 5) is 0.448. The van der Waals surface area contributed by atoms with Crippen LogP contribution in [0.1, 0.15) is 12.8 Å². The normalized spacial score (nSPS) is 17.2. The fourth-order valence-electron chi connectivity index (χ4n) is 2.56. The molecule has 1 fully saturated rings. The summed E-state index contributed by atoms with van der Waals surface area (Å²) in [5, 5.41) is 7.05. The lowest BCUT2D eigenvalue weighted by Crippen LogP contribution is -2.35. The molecular formula is C15H17NO2S2. The van der Waals surface area contributed by atoms with E-state index in [2.05, 4.69) is 10.7 Å². The van der Waals surface area contributed by atoms with Crippen molar-refractivity contribution in [3.63, 3.8) is 0 Å². The number of thiophene rings is 1. The van der Waals surface area contributed by atoms with Gasteiger partial charge in [-0.3, -0.25) is 0 Å². The van der Waals surface area contributed by atoms with Gasteiger partial charge >= 0.3 is 0 Å². The summed E-state index contributed by atoms with van der Waals surface area (Å²) >= 11 is 1.64. The Morgan fingerprint density at radius 1 is 1.00 bits per heavy atom. The zero-order valence-corrected chi connectivity index (χ0v) is 12.7. The van der Waals surface area contributed by atoms with Crippen molar-refractivity contribution in [3.05, 3.63) is 41.1 Å². The Hall–Kier alpha value is -1.17. The molecule has 1 aromatic heterocycles. The van der Waals surface area contributed by atoms with Crippen LogP contribution in [-0.4, -0.2) is 26.8 Å². The third-order valence-corrected chi connectivity index (χ3v) is 6.72. The summed E-state index contributed by atoms with van der Waals surface area (Å²) in [6.45, 7) is 1.58. The molecule has 1 aliphatic heterocycles. The summed E-state index contributed by atoms with van der Waals surface area (Å²) < 4.78 is 25.1. The van der Waals surface area contributed by atoms with E-state index in [1.807, 2.05) is 23.6 Å². The van der Waals surface area contributed by atoms with E-state index < -0.39 is 9.84 Å². The summed E-state index contributed by atoms with van der Waals surface area (Å²) in [6, 6.07) is 9.32. The first kappa shape index (κ1) is 13.8. The van der Waals surface area contributed by atoms with Crippen molar-refractivity contribution >= 4 is 21.2 Å². The fraction of sp³-hybridized carbons (Fsp3) is 0.333. The van der Waals surface area contributed by atoms with E-state index in [1.165, 1.54) is 0 Å². The van der Waals surface area contributed by atoms with E-state index in [-0.39, 0.29) is 5.25 Å². The molecule has 0 unspecified atom stereocenters. The van der Waals surface area contributed by atoms with Crippen LogP contribution in [0.5, 0.6) is 0 Å². The van der Waals surface area contributed by atoms with Gasteiger partial charge in [-0.2, -0.15) is 11.3 Å². The molecule has 20 heavy (non-hydrogen) atoms. The molecule has 1 aromatic carbocycles. The van der Waals surface area contributed by atoms with Gasteiger partial charge in [-0.25, -0.2) is 8.42 Å². The molecule has 3 nitrogen and oxygen atoms in total. The molecule has 1 N–H and O–H groups in total. The van der Waals surface area contributed by atoms with Gasteiger partial charge in [0.15, 0.2) is 9.84 Å². The lowest BCUT2D eigenvalue weighted by atomic mass is 10.1. The van der Waals surface area contributed by atoms with Crippen molar-refractivity contribution in [1.29, 1.82) is 0 Å². The number of benzene rings is 1.